The predicted molar refractivity (Wildman–Crippen MR) is 182 cm³/mol. The van der Waals surface area contributed by atoms with Crippen LogP contribution in [0.4, 0.5) is 0 Å². The van der Waals surface area contributed by atoms with E-state index in [9.17, 15) is 0 Å². The highest BCUT2D eigenvalue weighted by atomic mass is 16.5. The van der Waals surface area contributed by atoms with E-state index in [0.717, 1.165) is 32.5 Å². The number of methoxy groups -OCH3 is 8. The number of ether oxygens (including phenoxy) is 8. The first kappa shape index (κ1) is 64.5. The van der Waals surface area contributed by atoms with Crippen molar-refractivity contribution in [2.45, 2.75) is 102 Å². The van der Waals surface area contributed by atoms with Crippen molar-refractivity contribution in [1.29, 1.82) is 0 Å². The molecule has 4 atom stereocenters. The van der Waals surface area contributed by atoms with Gasteiger partial charge in [-0.2, -0.15) is 0 Å². The summed E-state index contributed by atoms with van der Waals surface area (Å²) in [6.07, 6.45) is 3.52. The number of hydrogen-bond acceptors (Lipinski definition) is 10. The van der Waals surface area contributed by atoms with E-state index in [-0.39, 0.29) is 67.2 Å². The molecule has 0 saturated heterocycles. The molecule has 0 saturated carbocycles. The molecule has 0 rings (SSSR count). The molecule has 2 N–H and O–H groups in total. The zero-order chi connectivity index (χ0) is 30.6. The summed E-state index contributed by atoms with van der Waals surface area (Å²) in [6.45, 7) is 14.1. The Labute approximate surface area is 265 Å². The number of hydrogen-bond donors (Lipinski definition) is 2. The van der Waals surface area contributed by atoms with Crippen molar-refractivity contribution in [3.05, 3.63) is 0 Å². The molecule has 270 valence electrons. The van der Waals surface area contributed by atoms with Crippen molar-refractivity contribution in [2.75, 3.05) is 103 Å². The number of aliphatic hydroxyl groups excluding tert-OH is 2. The molecule has 0 fully saturated rings. The average Bonchev–Trinajstić information content (AvgIpc) is 2.93. The Morgan fingerprint density at radius 2 is 0.667 bits per heavy atom. The van der Waals surface area contributed by atoms with Crippen LogP contribution in [0.5, 0.6) is 0 Å². The molecule has 0 aromatic rings. The maximum Gasteiger partial charge on any atom is 0.0801 e. The van der Waals surface area contributed by atoms with Gasteiger partial charge in [0.1, 0.15) is 0 Å². The molecule has 0 bridgehead atoms. The quantitative estimate of drug-likeness (QED) is 0.181. The van der Waals surface area contributed by atoms with Crippen LogP contribution in [0.25, 0.3) is 0 Å². The Morgan fingerprint density at radius 1 is 0.405 bits per heavy atom. The third-order valence-electron chi connectivity index (χ3n) is 4.94. The fourth-order valence-electron chi connectivity index (χ4n) is 2.40. The molecule has 0 amide bonds. The summed E-state index contributed by atoms with van der Waals surface area (Å²) in [4.78, 5) is 0. The molecule has 0 aliphatic carbocycles. The van der Waals surface area contributed by atoms with Crippen molar-refractivity contribution < 1.29 is 48.1 Å². The van der Waals surface area contributed by atoms with Crippen LogP contribution < -0.4 is 0 Å². The summed E-state index contributed by atoms with van der Waals surface area (Å²) in [5.74, 6) is 0.801. The summed E-state index contributed by atoms with van der Waals surface area (Å²) in [5.41, 5.74) is 0. The van der Waals surface area contributed by atoms with E-state index in [1.807, 2.05) is 13.8 Å². The zero-order valence-corrected chi connectivity index (χ0v) is 27.1. The van der Waals surface area contributed by atoms with Crippen LogP contribution in [-0.2, 0) is 37.9 Å². The van der Waals surface area contributed by atoms with Gasteiger partial charge in [-0.25, -0.2) is 0 Å². The SMILES string of the molecule is C.C.C.C.CCC(CO)OC.CCC(COC)OC.CCC(COC)OC.COCC(C)CO.COCC(C)COC. The molecule has 0 radical (unpaired) electrons. The van der Waals surface area contributed by atoms with Crippen molar-refractivity contribution in [2.24, 2.45) is 11.8 Å². The molecule has 10 heteroatoms. The lowest BCUT2D eigenvalue weighted by Crippen LogP contribution is -2.15. The summed E-state index contributed by atoms with van der Waals surface area (Å²) in [5, 5.41) is 16.8. The minimum atomic E-state index is 0. The molecule has 0 spiro atoms. The first-order chi connectivity index (χ1) is 18.2. The molecule has 0 aromatic carbocycles. The van der Waals surface area contributed by atoms with Crippen LogP contribution in [0.3, 0.4) is 0 Å². The van der Waals surface area contributed by atoms with Crippen molar-refractivity contribution in [3.8, 4) is 0 Å². The van der Waals surface area contributed by atoms with Gasteiger partial charge in [0.05, 0.1) is 58.0 Å². The van der Waals surface area contributed by atoms with Gasteiger partial charge in [-0.05, 0) is 19.3 Å². The molecule has 0 heterocycles. The normalized spacial score (nSPS) is 12.0. The third kappa shape index (κ3) is 63.0. The van der Waals surface area contributed by atoms with Gasteiger partial charge in [0.15, 0.2) is 0 Å². The zero-order valence-electron chi connectivity index (χ0n) is 27.1. The lowest BCUT2D eigenvalue weighted by molar-refractivity contribution is 0.0265. The van der Waals surface area contributed by atoms with E-state index < -0.39 is 0 Å². The fourth-order valence-corrected chi connectivity index (χ4v) is 2.40. The van der Waals surface area contributed by atoms with E-state index in [1.165, 1.54) is 0 Å². The van der Waals surface area contributed by atoms with E-state index in [4.69, 9.17) is 48.1 Å². The molecular formula is C32H82O10. The van der Waals surface area contributed by atoms with Gasteiger partial charge < -0.3 is 48.1 Å². The van der Waals surface area contributed by atoms with E-state index in [1.54, 1.807) is 56.9 Å². The van der Waals surface area contributed by atoms with Crippen LogP contribution in [-0.4, -0.2) is 132 Å². The maximum atomic E-state index is 8.40. The molecular weight excluding hydrogens is 544 g/mol. The van der Waals surface area contributed by atoms with Crippen LogP contribution in [0.2, 0.25) is 0 Å². The summed E-state index contributed by atoms with van der Waals surface area (Å²) < 4.78 is 39.0. The molecule has 0 aliphatic rings. The third-order valence-corrected chi connectivity index (χ3v) is 4.94. The predicted octanol–water partition coefficient (Wildman–Crippen LogP) is 6.24. The van der Waals surface area contributed by atoms with Gasteiger partial charge in [-0.1, -0.05) is 64.3 Å². The number of rotatable bonds is 18. The van der Waals surface area contributed by atoms with Crippen LogP contribution in [0, 0.1) is 11.8 Å². The monoisotopic (exact) mass is 627 g/mol. The number of aliphatic hydroxyl groups is 2. The van der Waals surface area contributed by atoms with E-state index >= 15 is 0 Å². The second kappa shape index (κ2) is 59.9. The van der Waals surface area contributed by atoms with Gasteiger partial charge in [-0.3, -0.25) is 0 Å². The Kier molecular flexibility index (Phi) is 92.0. The highest BCUT2D eigenvalue weighted by Crippen LogP contribution is 1.95. The Morgan fingerprint density at radius 3 is 0.762 bits per heavy atom. The van der Waals surface area contributed by atoms with Gasteiger partial charge >= 0.3 is 0 Å². The molecule has 0 aromatic heterocycles. The minimum absolute atomic E-state index is 0. The topological polar surface area (TPSA) is 114 Å². The minimum Gasteiger partial charge on any atom is -0.396 e. The molecule has 0 aliphatic heterocycles. The van der Waals surface area contributed by atoms with Gasteiger partial charge in [0, 0.05) is 75.3 Å². The van der Waals surface area contributed by atoms with Crippen molar-refractivity contribution in [3.63, 3.8) is 0 Å². The van der Waals surface area contributed by atoms with Gasteiger partial charge in [0.2, 0.25) is 0 Å². The van der Waals surface area contributed by atoms with E-state index in [2.05, 4.69) is 20.8 Å². The first-order valence-electron chi connectivity index (χ1n) is 13.4. The fraction of sp³-hybridized carbons (Fsp3) is 1.00. The molecule has 10 nitrogen and oxygen atoms in total. The second-order valence-corrected chi connectivity index (χ2v) is 8.65. The van der Waals surface area contributed by atoms with Gasteiger partial charge in [0.25, 0.3) is 0 Å². The molecule has 4 unspecified atom stereocenters. The largest absolute Gasteiger partial charge is 0.396 e. The Bertz CT molecular complexity index is 329. The molecule has 42 heavy (non-hydrogen) atoms. The standard InChI is InChI=1S/3C6H14O2.2C5H12O2.4CH4/c1-6(4-7-2)5-8-3;2*1-4-6(8-3)5-7-2;1-5(3-6)4-7-2;1-3-5(4-6)7-2;;;;/h3*6H,4-5H2,1-3H3;2*5-6H,3-4H2,1-2H3;4*1H4. The van der Waals surface area contributed by atoms with E-state index in [0.29, 0.717) is 25.7 Å². The summed E-state index contributed by atoms with van der Waals surface area (Å²) >= 11 is 0. The second-order valence-electron chi connectivity index (χ2n) is 8.65. The van der Waals surface area contributed by atoms with Crippen LogP contribution >= 0.6 is 0 Å². The van der Waals surface area contributed by atoms with Crippen LogP contribution in [0.1, 0.15) is 83.6 Å². The first-order valence-corrected chi connectivity index (χ1v) is 13.4. The Balaban J connectivity index is -0.0000000453. The van der Waals surface area contributed by atoms with Crippen molar-refractivity contribution >= 4 is 0 Å². The highest BCUT2D eigenvalue weighted by Gasteiger charge is 2.01. The average molecular weight is 627 g/mol. The van der Waals surface area contributed by atoms with Crippen LogP contribution in [0.15, 0.2) is 0 Å². The Hall–Kier alpha value is -0.400. The summed E-state index contributed by atoms with van der Waals surface area (Å²) in [6, 6.07) is 0. The summed E-state index contributed by atoms with van der Waals surface area (Å²) in [7, 11) is 13.4. The van der Waals surface area contributed by atoms with Crippen molar-refractivity contribution in [1.82, 2.24) is 0 Å². The van der Waals surface area contributed by atoms with Gasteiger partial charge in [-0.15, -0.1) is 0 Å². The maximum absolute atomic E-state index is 8.40. The highest BCUT2D eigenvalue weighted by molar-refractivity contribution is 4.50. The smallest absolute Gasteiger partial charge is 0.0801 e. The lowest BCUT2D eigenvalue weighted by atomic mass is 10.2. The lowest BCUT2D eigenvalue weighted by Gasteiger charge is -2.09.